The molecular weight excluding hydrogens is 274 g/mol. The van der Waals surface area contributed by atoms with Crippen molar-refractivity contribution in [3.63, 3.8) is 0 Å². The molecule has 2 aromatic rings. The molecule has 0 aliphatic heterocycles. The van der Waals surface area contributed by atoms with E-state index in [9.17, 15) is 0 Å². The van der Waals surface area contributed by atoms with Crippen LogP contribution >= 0.6 is 11.6 Å². The highest BCUT2D eigenvalue weighted by Gasteiger charge is 2.04. The minimum atomic E-state index is 0.385. The van der Waals surface area contributed by atoms with Crippen LogP contribution in [0.2, 0.25) is 5.02 Å². The Morgan fingerprint density at radius 3 is 2.40 bits per heavy atom. The summed E-state index contributed by atoms with van der Waals surface area (Å²) in [4.78, 5) is 5.39. The van der Waals surface area contributed by atoms with E-state index < -0.39 is 0 Å². The summed E-state index contributed by atoms with van der Waals surface area (Å²) in [5, 5.41) is 4.85. The van der Waals surface area contributed by atoms with Crippen molar-refractivity contribution in [2.75, 3.05) is 13.7 Å². The van der Waals surface area contributed by atoms with Crippen LogP contribution in [0.1, 0.15) is 11.1 Å². The number of oxime groups is 1. The lowest BCUT2D eigenvalue weighted by Gasteiger charge is -2.06. The van der Waals surface area contributed by atoms with Crippen LogP contribution in [0.15, 0.2) is 59.8 Å². The van der Waals surface area contributed by atoms with Gasteiger partial charge in [-0.1, -0.05) is 59.2 Å². The van der Waals surface area contributed by atoms with Gasteiger partial charge in [-0.25, -0.2) is 0 Å². The van der Waals surface area contributed by atoms with Gasteiger partial charge >= 0.3 is 0 Å². The van der Waals surface area contributed by atoms with Crippen molar-refractivity contribution in [3.8, 4) is 0 Å². The third kappa shape index (κ3) is 4.37. The number of hydrogen-bond donors (Lipinski definition) is 0. The Hall–Kier alpha value is -1.84. The molecule has 0 fully saturated rings. The van der Waals surface area contributed by atoms with E-state index in [-0.39, 0.29) is 0 Å². The zero-order chi connectivity index (χ0) is 14.2. The van der Waals surface area contributed by atoms with Gasteiger partial charge in [-0.15, -0.1) is 0 Å². The zero-order valence-electron chi connectivity index (χ0n) is 11.3. The maximum Gasteiger partial charge on any atom is 0.142 e. The molecule has 0 aliphatic carbocycles. The van der Waals surface area contributed by atoms with Crippen molar-refractivity contribution in [3.05, 3.63) is 70.7 Å². The van der Waals surface area contributed by atoms with Crippen molar-refractivity contribution in [1.29, 1.82) is 0 Å². The van der Waals surface area contributed by atoms with E-state index in [0.717, 1.165) is 16.8 Å². The van der Waals surface area contributed by atoms with Gasteiger partial charge in [-0.3, -0.25) is 0 Å². The van der Waals surface area contributed by atoms with E-state index >= 15 is 0 Å². The van der Waals surface area contributed by atoms with Gasteiger partial charge in [0.05, 0.1) is 6.61 Å². The van der Waals surface area contributed by atoms with Gasteiger partial charge < -0.3 is 9.57 Å². The third-order valence-corrected chi connectivity index (χ3v) is 2.96. The standard InChI is InChI=1S/C16H16ClNO2/c1-19-12-16(14-7-9-15(17)10-8-14)18-20-11-13-5-3-2-4-6-13/h2-10H,11-12H2,1H3. The molecule has 0 spiro atoms. The summed E-state index contributed by atoms with van der Waals surface area (Å²) in [6.07, 6.45) is 0. The Labute approximate surface area is 123 Å². The van der Waals surface area contributed by atoms with Gasteiger partial charge in [0.25, 0.3) is 0 Å². The monoisotopic (exact) mass is 289 g/mol. The second-order valence-corrected chi connectivity index (χ2v) is 4.67. The highest BCUT2D eigenvalue weighted by molar-refractivity contribution is 6.30. The lowest BCUT2D eigenvalue weighted by molar-refractivity contribution is 0.127. The largest absolute Gasteiger partial charge is 0.391 e. The second-order valence-electron chi connectivity index (χ2n) is 4.24. The fourth-order valence-corrected chi connectivity index (χ4v) is 1.83. The molecule has 0 radical (unpaired) electrons. The molecule has 20 heavy (non-hydrogen) atoms. The average molecular weight is 290 g/mol. The first-order valence-corrected chi connectivity index (χ1v) is 6.65. The number of methoxy groups -OCH3 is 1. The second kappa shape index (κ2) is 7.68. The summed E-state index contributed by atoms with van der Waals surface area (Å²) in [7, 11) is 1.63. The summed E-state index contributed by atoms with van der Waals surface area (Å²) in [5.41, 5.74) is 2.74. The minimum absolute atomic E-state index is 0.385. The van der Waals surface area contributed by atoms with Crippen LogP contribution in [0.5, 0.6) is 0 Å². The summed E-state index contributed by atoms with van der Waals surface area (Å²) in [5.74, 6) is 0. The summed E-state index contributed by atoms with van der Waals surface area (Å²) < 4.78 is 5.15. The predicted molar refractivity (Wildman–Crippen MR) is 81.1 cm³/mol. The van der Waals surface area contributed by atoms with Crippen LogP contribution in [0.3, 0.4) is 0 Å². The van der Waals surface area contributed by atoms with Gasteiger partial charge in [0.1, 0.15) is 12.3 Å². The number of hydrogen-bond acceptors (Lipinski definition) is 3. The van der Waals surface area contributed by atoms with Crippen LogP contribution < -0.4 is 0 Å². The van der Waals surface area contributed by atoms with E-state index in [1.165, 1.54) is 0 Å². The summed E-state index contributed by atoms with van der Waals surface area (Å²) >= 11 is 5.88. The first-order valence-electron chi connectivity index (χ1n) is 6.27. The van der Waals surface area contributed by atoms with Gasteiger partial charge in [-0.2, -0.15) is 0 Å². The Kier molecular flexibility index (Phi) is 5.59. The van der Waals surface area contributed by atoms with Crippen LogP contribution in [0.25, 0.3) is 0 Å². The van der Waals surface area contributed by atoms with Crippen molar-refractivity contribution in [2.24, 2.45) is 5.16 Å². The SMILES string of the molecule is COCC(=NOCc1ccccc1)c1ccc(Cl)cc1. The summed E-state index contributed by atoms with van der Waals surface area (Å²) in [6, 6.07) is 17.3. The number of halogens is 1. The van der Waals surface area contributed by atoms with E-state index in [4.69, 9.17) is 21.2 Å². The van der Waals surface area contributed by atoms with Crippen LogP contribution in [-0.4, -0.2) is 19.4 Å². The van der Waals surface area contributed by atoms with Gasteiger partial charge in [-0.05, 0) is 17.7 Å². The quantitative estimate of drug-likeness (QED) is 0.596. The molecule has 0 saturated carbocycles. The molecule has 0 aromatic heterocycles. The van der Waals surface area contributed by atoms with Gasteiger partial charge in [0.15, 0.2) is 0 Å². The highest BCUT2D eigenvalue weighted by Crippen LogP contribution is 2.11. The van der Waals surface area contributed by atoms with Crippen LogP contribution in [0.4, 0.5) is 0 Å². The zero-order valence-corrected chi connectivity index (χ0v) is 12.0. The van der Waals surface area contributed by atoms with Crippen molar-refractivity contribution < 1.29 is 9.57 Å². The molecule has 104 valence electrons. The summed E-state index contributed by atoms with van der Waals surface area (Å²) in [6.45, 7) is 0.818. The fraction of sp³-hybridized carbons (Fsp3) is 0.188. The Balaban J connectivity index is 2.04. The lowest BCUT2D eigenvalue weighted by atomic mass is 10.1. The smallest absolute Gasteiger partial charge is 0.142 e. The number of ether oxygens (including phenoxy) is 1. The molecule has 0 bridgehead atoms. The lowest BCUT2D eigenvalue weighted by Crippen LogP contribution is -2.09. The molecular formula is C16H16ClNO2. The number of rotatable bonds is 6. The molecule has 0 amide bonds. The minimum Gasteiger partial charge on any atom is -0.391 e. The maximum atomic E-state index is 5.88. The van der Waals surface area contributed by atoms with E-state index in [2.05, 4.69) is 5.16 Å². The maximum absolute atomic E-state index is 5.88. The first-order chi connectivity index (χ1) is 9.79. The van der Waals surface area contributed by atoms with Crippen molar-refractivity contribution in [2.45, 2.75) is 6.61 Å². The van der Waals surface area contributed by atoms with Crippen molar-refractivity contribution >= 4 is 17.3 Å². The number of benzene rings is 2. The average Bonchev–Trinajstić information content (AvgIpc) is 2.48. The molecule has 0 heterocycles. The molecule has 0 atom stereocenters. The molecule has 0 N–H and O–H groups in total. The van der Waals surface area contributed by atoms with Gasteiger partial charge in [0, 0.05) is 17.7 Å². The molecule has 2 rings (SSSR count). The molecule has 0 unspecified atom stereocenters. The highest BCUT2D eigenvalue weighted by atomic mass is 35.5. The molecule has 0 saturated heterocycles. The predicted octanol–water partition coefficient (Wildman–Crippen LogP) is 3.91. The Bertz CT molecular complexity index is 552. The van der Waals surface area contributed by atoms with Crippen LogP contribution in [-0.2, 0) is 16.2 Å². The Morgan fingerprint density at radius 1 is 1.05 bits per heavy atom. The fourth-order valence-electron chi connectivity index (χ4n) is 1.70. The molecule has 2 aromatic carbocycles. The van der Waals surface area contributed by atoms with Gasteiger partial charge in [0.2, 0.25) is 0 Å². The van der Waals surface area contributed by atoms with E-state index in [1.54, 1.807) is 7.11 Å². The molecule has 3 nitrogen and oxygen atoms in total. The molecule has 0 aliphatic rings. The first kappa shape index (κ1) is 14.6. The Morgan fingerprint density at radius 2 is 1.75 bits per heavy atom. The normalized spacial score (nSPS) is 11.4. The topological polar surface area (TPSA) is 30.8 Å². The number of nitrogens with zero attached hydrogens (tertiary/aromatic N) is 1. The van der Waals surface area contributed by atoms with E-state index in [1.807, 2.05) is 54.6 Å². The van der Waals surface area contributed by atoms with E-state index in [0.29, 0.717) is 18.2 Å². The van der Waals surface area contributed by atoms with Crippen molar-refractivity contribution in [1.82, 2.24) is 0 Å². The molecule has 4 heteroatoms. The third-order valence-electron chi connectivity index (χ3n) is 2.71. The van der Waals surface area contributed by atoms with Crippen LogP contribution in [0, 0.1) is 0 Å².